The zero-order chi connectivity index (χ0) is 27.7. The molecule has 1 unspecified atom stereocenters. The van der Waals surface area contributed by atoms with Gasteiger partial charge in [-0.05, 0) is 40.2 Å². The minimum Gasteiger partial charge on any atom is -0.464 e. The van der Waals surface area contributed by atoms with E-state index in [1.165, 1.54) is 14.0 Å². The van der Waals surface area contributed by atoms with Crippen molar-refractivity contribution >= 4 is 33.7 Å². The van der Waals surface area contributed by atoms with E-state index in [0.717, 1.165) is 30.5 Å². The van der Waals surface area contributed by atoms with Gasteiger partial charge in [0.25, 0.3) is 5.56 Å². The number of hydrogen-bond acceptors (Lipinski definition) is 6. The molecular formula is C21H30F3N5O6S. The number of aromatic nitrogens is 2. The molecular weight excluding hydrogens is 507 g/mol. The molecule has 2 rings (SSSR count). The third-order valence-corrected chi connectivity index (χ3v) is 6.76. The van der Waals surface area contributed by atoms with E-state index in [-0.39, 0.29) is 28.2 Å². The molecule has 15 heteroatoms. The number of aryl methyl sites for hydroxylation is 2. The number of amides is 3. The maximum atomic E-state index is 13.3. The number of rotatable bonds is 7. The Hall–Kier alpha value is -3.07. The molecule has 0 bridgehead atoms. The van der Waals surface area contributed by atoms with Crippen LogP contribution < -0.4 is 17.0 Å². The van der Waals surface area contributed by atoms with Gasteiger partial charge in [0.1, 0.15) is 4.83 Å². The van der Waals surface area contributed by atoms with Gasteiger partial charge in [0.2, 0.25) is 0 Å². The predicted octanol–water partition coefficient (Wildman–Crippen LogP) is 3.09. The number of nitrogens with two attached hydrogens (primary N) is 1. The number of thiophene rings is 1. The number of methoxy groups -OCH3 is 1. The van der Waals surface area contributed by atoms with Crippen LogP contribution in [0.2, 0.25) is 0 Å². The molecule has 1 atom stereocenters. The lowest BCUT2D eigenvalue weighted by Crippen LogP contribution is -2.58. The van der Waals surface area contributed by atoms with Crippen LogP contribution >= 0.6 is 11.3 Å². The highest BCUT2D eigenvalue weighted by Gasteiger charge is 2.35. The van der Waals surface area contributed by atoms with Gasteiger partial charge in [0.15, 0.2) is 0 Å². The van der Waals surface area contributed by atoms with Crippen LogP contribution in [-0.4, -0.2) is 61.3 Å². The number of carbonyl (C=O) groups excluding carboxylic acids is 1. The quantitative estimate of drug-likeness (QED) is 0.520. The third-order valence-electron chi connectivity index (χ3n) is 5.46. The number of carbonyl (C=O) groups is 2. The van der Waals surface area contributed by atoms with Crippen LogP contribution in [0.3, 0.4) is 0 Å². The van der Waals surface area contributed by atoms with Crippen molar-refractivity contribution in [1.29, 1.82) is 0 Å². The topological polar surface area (TPSA) is 140 Å². The summed E-state index contributed by atoms with van der Waals surface area (Å²) in [5.41, 5.74) is 3.03. The number of hydrazine groups is 1. The van der Waals surface area contributed by atoms with Crippen LogP contribution in [0.25, 0.3) is 10.2 Å². The first kappa shape index (κ1) is 29.2. The summed E-state index contributed by atoms with van der Waals surface area (Å²) in [5.74, 6) is 0. The lowest BCUT2D eigenvalue weighted by atomic mass is 10.1. The summed E-state index contributed by atoms with van der Waals surface area (Å²) in [6, 6.07) is -1.09. The van der Waals surface area contributed by atoms with E-state index < -0.39 is 54.2 Å². The smallest absolute Gasteiger partial charge is 0.426 e. The van der Waals surface area contributed by atoms with Gasteiger partial charge < -0.3 is 15.6 Å². The molecule has 0 fully saturated rings. The molecule has 0 spiro atoms. The zero-order valence-corrected chi connectivity index (χ0v) is 21.6. The summed E-state index contributed by atoms with van der Waals surface area (Å²) in [5, 5.41) is 11.2. The van der Waals surface area contributed by atoms with Crippen LogP contribution in [0.5, 0.6) is 0 Å². The molecule has 3 amide bonds. The molecule has 202 valence electrons. The second-order valence-electron chi connectivity index (χ2n) is 9.25. The van der Waals surface area contributed by atoms with Crippen molar-refractivity contribution in [2.75, 3.05) is 7.11 Å². The largest absolute Gasteiger partial charge is 0.464 e. The molecule has 2 aromatic rings. The summed E-state index contributed by atoms with van der Waals surface area (Å²) in [6.07, 6.45) is -7.91. The summed E-state index contributed by atoms with van der Waals surface area (Å²) in [7, 11) is 1.37. The summed E-state index contributed by atoms with van der Waals surface area (Å²) in [4.78, 5) is 50.8. The average Bonchev–Trinajstić information content (AvgIpc) is 3.04. The molecule has 0 saturated carbocycles. The molecule has 0 aliphatic heterocycles. The van der Waals surface area contributed by atoms with Gasteiger partial charge in [0, 0.05) is 18.5 Å². The van der Waals surface area contributed by atoms with Crippen molar-refractivity contribution in [2.45, 2.75) is 78.5 Å². The summed E-state index contributed by atoms with van der Waals surface area (Å²) < 4.78 is 45.9. The number of nitrogens with zero attached hydrogens (tertiary/aromatic N) is 4. The van der Waals surface area contributed by atoms with Crippen LogP contribution in [0.4, 0.5) is 22.8 Å². The van der Waals surface area contributed by atoms with Gasteiger partial charge in [0.05, 0.1) is 36.5 Å². The van der Waals surface area contributed by atoms with Crippen molar-refractivity contribution in [3.8, 4) is 0 Å². The van der Waals surface area contributed by atoms with Crippen molar-refractivity contribution in [2.24, 2.45) is 5.73 Å². The Balaban J connectivity index is 2.79. The Bertz CT molecular complexity index is 1260. The number of ether oxygens (including phenoxy) is 1. The fraction of sp³-hybridized carbons (Fsp3) is 0.619. The van der Waals surface area contributed by atoms with Crippen LogP contribution in [0, 0.1) is 6.92 Å². The zero-order valence-electron chi connectivity index (χ0n) is 20.8. The second kappa shape index (κ2) is 10.5. The first-order valence-corrected chi connectivity index (χ1v) is 11.7. The fourth-order valence-electron chi connectivity index (χ4n) is 3.66. The first-order valence-electron chi connectivity index (χ1n) is 10.9. The highest BCUT2D eigenvalue weighted by molar-refractivity contribution is 7.18. The minimum atomic E-state index is -4.56. The molecule has 2 heterocycles. The maximum absolute atomic E-state index is 13.3. The van der Waals surface area contributed by atoms with Gasteiger partial charge in [-0.3, -0.25) is 13.9 Å². The Morgan fingerprint density at radius 3 is 2.22 bits per heavy atom. The Kier molecular flexibility index (Phi) is 8.51. The van der Waals surface area contributed by atoms with Gasteiger partial charge in [-0.25, -0.2) is 24.4 Å². The molecule has 36 heavy (non-hydrogen) atoms. The lowest BCUT2D eigenvalue weighted by Gasteiger charge is -2.40. The van der Waals surface area contributed by atoms with Crippen molar-refractivity contribution in [3.05, 3.63) is 31.3 Å². The summed E-state index contributed by atoms with van der Waals surface area (Å²) >= 11 is 0.830. The van der Waals surface area contributed by atoms with Gasteiger partial charge in [-0.2, -0.15) is 13.2 Å². The molecule has 3 N–H and O–H groups in total. The fourth-order valence-corrected chi connectivity index (χ4v) is 4.95. The predicted molar refractivity (Wildman–Crippen MR) is 127 cm³/mol. The maximum Gasteiger partial charge on any atom is 0.426 e. The van der Waals surface area contributed by atoms with E-state index in [9.17, 15) is 37.5 Å². The monoisotopic (exact) mass is 537 g/mol. The van der Waals surface area contributed by atoms with Crippen molar-refractivity contribution in [1.82, 2.24) is 19.2 Å². The SMILES string of the molecule is COC(C)Cn1c(=O)c2c(C)c(CN(C(N)=O)N(C(=O)O)C(C)(C)C)sc2n(CCC(F)(F)F)c1=O. The highest BCUT2D eigenvalue weighted by Crippen LogP contribution is 2.31. The van der Waals surface area contributed by atoms with E-state index in [1.54, 1.807) is 27.7 Å². The van der Waals surface area contributed by atoms with Crippen molar-refractivity contribution < 1.29 is 32.6 Å². The van der Waals surface area contributed by atoms with Crippen LogP contribution in [0.1, 0.15) is 44.6 Å². The molecule has 11 nitrogen and oxygen atoms in total. The van der Waals surface area contributed by atoms with Crippen molar-refractivity contribution in [3.63, 3.8) is 0 Å². The standard InChI is InChI=1S/C21H30F3N5O6S/c1-11(35-6)9-27-15(30)14-12(2)13(10-28(17(25)31)29(19(33)34)20(3,4)5)36-16(14)26(18(27)32)8-7-21(22,23)24/h11H,7-10H2,1-6H3,(H2,25,31)(H,33,34). The van der Waals surface area contributed by atoms with Gasteiger partial charge in [-0.1, -0.05) is 0 Å². The lowest BCUT2D eigenvalue weighted by molar-refractivity contribution is -0.136. The number of urea groups is 1. The molecule has 0 saturated heterocycles. The number of primary amides is 1. The van der Waals surface area contributed by atoms with E-state index in [4.69, 9.17) is 10.5 Å². The van der Waals surface area contributed by atoms with E-state index in [1.807, 2.05) is 0 Å². The van der Waals surface area contributed by atoms with Gasteiger partial charge >= 0.3 is 24.0 Å². The van der Waals surface area contributed by atoms with E-state index >= 15 is 0 Å². The van der Waals surface area contributed by atoms with Crippen LogP contribution in [-0.2, 0) is 24.4 Å². The molecule has 0 aliphatic rings. The second-order valence-corrected chi connectivity index (χ2v) is 10.3. The Labute approximate surface area is 208 Å². The number of alkyl halides is 3. The summed E-state index contributed by atoms with van der Waals surface area (Å²) in [6.45, 7) is 6.43. The molecule has 0 aliphatic carbocycles. The Morgan fingerprint density at radius 1 is 1.19 bits per heavy atom. The number of hydrogen-bond donors (Lipinski definition) is 2. The molecule has 2 aromatic heterocycles. The Morgan fingerprint density at radius 2 is 1.78 bits per heavy atom. The highest BCUT2D eigenvalue weighted by atomic mass is 32.1. The first-order chi connectivity index (χ1) is 16.4. The molecule has 0 radical (unpaired) electrons. The number of halogens is 3. The van der Waals surface area contributed by atoms with E-state index in [0.29, 0.717) is 5.56 Å². The third kappa shape index (κ3) is 6.19. The number of carboxylic acid groups (broad SMARTS) is 1. The van der Waals surface area contributed by atoms with Gasteiger partial charge in [-0.15, -0.1) is 11.3 Å². The normalized spacial score (nSPS) is 13.1. The average molecular weight is 538 g/mol. The molecule has 0 aromatic carbocycles. The number of fused-ring (bicyclic) bond motifs is 1. The van der Waals surface area contributed by atoms with Crippen LogP contribution in [0.15, 0.2) is 9.59 Å². The minimum absolute atomic E-state index is 0.00197. The van der Waals surface area contributed by atoms with E-state index in [2.05, 4.69) is 0 Å².